The van der Waals surface area contributed by atoms with E-state index >= 15 is 0 Å². The summed E-state index contributed by atoms with van der Waals surface area (Å²) >= 11 is 0. The van der Waals surface area contributed by atoms with Crippen molar-refractivity contribution in [1.82, 2.24) is 4.90 Å². The average Bonchev–Trinajstić information content (AvgIpc) is 2.61. The van der Waals surface area contributed by atoms with Gasteiger partial charge in [-0.2, -0.15) is 5.26 Å². The van der Waals surface area contributed by atoms with E-state index in [0.29, 0.717) is 17.5 Å². The van der Waals surface area contributed by atoms with Crippen molar-refractivity contribution in [2.45, 2.75) is 33.2 Å². The smallest absolute Gasteiger partial charge is 0.262 e. The standard InChI is InChI=1S/C14H14N2O2/c1-4-10(7-15)16-13(17)11-8(2)5-6-9(3)12(11)14(16)18/h5-6,10H,4H2,1-3H3. The van der Waals surface area contributed by atoms with Gasteiger partial charge in [-0.15, -0.1) is 0 Å². The van der Waals surface area contributed by atoms with Gasteiger partial charge in [0.25, 0.3) is 11.8 Å². The Bertz CT molecular complexity index is 543. The molecule has 1 heterocycles. The Hall–Kier alpha value is -2.15. The minimum atomic E-state index is -0.684. The van der Waals surface area contributed by atoms with Crippen molar-refractivity contribution in [2.75, 3.05) is 0 Å². The van der Waals surface area contributed by atoms with Crippen LogP contribution in [0.1, 0.15) is 45.2 Å². The highest BCUT2D eigenvalue weighted by Crippen LogP contribution is 2.30. The molecule has 1 aliphatic heterocycles. The lowest BCUT2D eigenvalue weighted by Gasteiger charge is -2.18. The topological polar surface area (TPSA) is 61.2 Å². The molecule has 4 heteroatoms. The van der Waals surface area contributed by atoms with Crippen LogP contribution < -0.4 is 0 Å². The molecule has 0 saturated carbocycles. The fourth-order valence-electron chi connectivity index (χ4n) is 2.31. The van der Waals surface area contributed by atoms with E-state index < -0.39 is 6.04 Å². The molecular weight excluding hydrogens is 228 g/mol. The number of carbonyl (C=O) groups is 2. The number of aryl methyl sites for hydroxylation is 2. The zero-order valence-corrected chi connectivity index (χ0v) is 10.7. The van der Waals surface area contributed by atoms with Crippen LogP contribution in [0.15, 0.2) is 12.1 Å². The van der Waals surface area contributed by atoms with Crippen molar-refractivity contribution in [3.8, 4) is 6.07 Å². The summed E-state index contributed by atoms with van der Waals surface area (Å²) in [5.41, 5.74) is 2.47. The summed E-state index contributed by atoms with van der Waals surface area (Å²) in [7, 11) is 0. The molecule has 2 amide bonds. The SMILES string of the molecule is CCC(C#N)N1C(=O)c2c(C)ccc(C)c2C1=O. The van der Waals surface area contributed by atoms with Gasteiger partial charge in [0.15, 0.2) is 0 Å². The Morgan fingerprint density at radius 2 is 1.61 bits per heavy atom. The Morgan fingerprint density at radius 3 is 1.94 bits per heavy atom. The van der Waals surface area contributed by atoms with Crippen LogP contribution in [-0.4, -0.2) is 22.8 Å². The number of nitrogens with zero attached hydrogens (tertiary/aromatic N) is 2. The monoisotopic (exact) mass is 242 g/mol. The third-order valence-electron chi connectivity index (χ3n) is 3.33. The van der Waals surface area contributed by atoms with Crippen LogP contribution in [-0.2, 0) is 0 Å². The van der Waals surface area contributed by atoms with Crippen LogP contribution in [0.3, 0.4) is 0 Å². The molecule has 0 aromatic heterocycles. The van der Waals surface area contributed by atoms with Gasteiger partial charge in [0, 0.05) is 0 Å². The molecular formula is C14H14N2O2. The molecule has 0 radical (unpaired) electrons. The van der Waals surface area contributed by atoms with E-state index in [0.717, 1.165) is 16.0 Å². The molecule has 0 aliphatic carbocycles. The maximum Gasteiger partial charge on any atom is 0.262 e. The van der Waals surface area contributed by atoms with E-state index in [2.05, 4.69) is 0 Å². The highest BCUT2D eigenvalue weighted by molar-refractivity contribution is 6.23. The second kappa shape index (κ2) is 4.26. The molecule has 1 unspecified atom stereocenters. The van der Waals surface area contributed by atoms with Gasteiger partial charge in [-0.1, -0.05) is 19.1 Å². The molecule has 1 aromatic rings. The van der Waals surface area contributed by atoms with Crippen LogP contribution >= 0.6 is 0 Å². The lowest BCUT2D eigenvalue weighted by Crippen LogP contribution is -2.38. The zero-order chi connectivity index (χ0) is 13.4. The van der Waals surface area contributed by atoms with Gasteiger partial charge in [0.2, 0.25) is 0 Å². The zero-order valence-electron chi connectivity index (χ0n) is 10.7. The number of hydrogen-bond donors (Lipinski definition) is 0. The van der Waals surface area contributed by atoms with Gasteiger partial charge in [-0.3, -0.25) is 14.5 Å². The van der Waals surface area contributed by atoms with Gasteiger partial charge in [-0.25, -0.2) is 0 Å². The van der Waals surface area contributed by atoms with Crippen LogP contribution in [0.4, 0.5) is 0 Å². The number of fused-ring (bicyclic) bond motifs is 1. The van der Waals surface area contributed by atoms with E-state index in [4.69, 9.17) is 5.26 Å². The first-order valence-electron chi connectivity index (χ1n) is 5.90. The van der Waals surface area contributed by atoms with Crippen LogP contribution in [0.25, 0.3) is 0 Å². The minimum absolute atomic E-state index is 0.343. The van der Waals surface area contributed by atoms with E-state index in [9.17, 15) is 9.59 Å². The molecule has 92 valence electrons. The van der Waals surface area contributed by atoms with Gasteiger partial charge in [0.1, 0.15) is 6.04 Å². The third kappa shape index (κ3) is 1.52. The molecule has 1 atom stereocenters. The summed E-state index contributed by atoms with van der Waals surface area (Å²) in [6.45, 7) is 5.40. The molecule has 0 N–H and O–H groups in total. The highest BCUT2D eigenvalue weighted by atomic mass is 16.2. The molecule has 0 spiro atoms. The second-order valence-corrected chi connectivity index (χ2v) is 4.48. The fraction of sp³-hybridized carbons (Fsp3) is 0.357. The normalized spacial score (nSPS) is 15.6. The Kier molecular flexibility index (Phi) is 2.92. The Morgan fingerprint density at radius 1 is 1.17 bits per heavy atom. The van der Waals surface area contributed by atoms with Gasteiger partial charge in [-0.05, 0) is 31.4 Å². The maximum atomic E-state index is 12.3. The van der Waals surface area contributed by atoms with Crippen LogP contribution in [0.2, 0.25) is 0 Å². The summed E-state index contributed by atoms with van der Waals surface area (Å²) in [5.74, 6) is -0.686. The second-order valence-electron chi connectivity index (χ2n) is 4.48. The number of carbonyl (C=O) groups excluding carboxylic acids is 2. The minimum Gasteiger partial charge on any atom is -0.269 e. The summed E-state index contributed by atoms with van der Waals surface area (Å²) in [4.78, 5) is 25.7. The highest BCUT2D eigenvalue weighted by Gasteiger charge is 2.41. The fourth-order valence-corrected chi connectivity index (χ4v) is 2.31. The number of benzene rings is 1. The maximum absolute atomic E-state index is 12.3. The molecule has 1 aromatic carbocycles. The summed E-state index contributed by atoms with van der Waals surface area (Å²) in [6.07, 6.45) is 0.445. The van der Waals surface area contributed by atoms with Gasteiger partial charge >= 0.3 is 0 Å². The van der Waals surface area contributed by atoms with E-state index in [1.54, 1.807) is 20.8 Å². The summed E-state index contributed by atoms with van der Waals surface area (Å²) in [5, 5.41) is 9.04. The van der Waals surface area contributed by atoms with Crippen molar-refractivity contribution in [3.63, 3.8) is 0 Å². The first-order chi connectivity index (χ1) is 8.52. The van der Waals surface area contributed by atoms with Crippen LogP contribution in [0, 0.1) is 25.2 Å². The van der Waals surface area contributed by atoms with Gasteiger partial charge in [0.05, 0.1) is 17.2 Å². The predicted octanol–water partition coefficient (Wildman–Crippen LogP) is 2.20. The van der Waals surface area contributed by atoms with Crippen molar-refractivity contribution < 1.29 is 9.59 Å². The first-order valence-corrected chi connectivity index (χ1v) is 5.90. The molecule has 0 bridgehead atoms. The van der Waals surface area contributed by atoms with E-state index in [1.165, 1.54) is 0 Å². The van der Waals surface area contributed by atoms with Crippen molar-refractivity contribution >= 4 is 11.8 Å². The Balaban J connectivity index is 2.61. The molecule has 1 aliphatic rings. The van der Waals surface area contributed by atoms with Crippen molar-refractivity contribution in [1.29, 1.82) is 5.26 Å². The number of amides is 2. The molecule has 2 rings (SSSR count). The number of rotatable bonds is 2. The summed E-state index contributed by atoms with van der Waals surface area (Å²) < 4.78 is 0. The lowest BCUT2D eigenvalue weighted by molar-refractivity contribution is 0.0616. The average molecular weight is 242 g/mol. The predicted molar refractivity (Wildman–Crippen MR) is 66.1 cm³/mol. The molecule has 18 heavy (non-hydrogen) atoms. The third-order valence-corrected chi connectivity index (χ3v) is 3.33. The van der Waals surface area contributed by atoms with Crippen molar-refractivity contribution in [2.24, 2.45) is 0 Å². The number of imide groups is 1. The summed E-state index contributed by atoms with van der Waals surface area (Å²) in [6, 6.07) is 4.99. The largest absolute Gasteiger partial charge is 0.269 e. The van der Waals surface area contributed by atoms with Crippen molar-refractivity contribution in [3.05, 3.63) is 34.4 Å². The number of hydrogen-bond acceptors (Lipinski definition) is 3. The lowest BCUT2D eigenvalue weighted by atomic mass is 9.99. The number of nitriles is 1. The van der Waals surface area contributed by atoms with Crippen LogP contribution in [0.5, 0.6) is 0 Å². The Labute approximate surface area is 106 Å². The molecule has 0 saturated heterocycles. The van der Waals surface area contributed by atoms with E-state index in [1.807, 2.05) is 18.2 Å². The first kappa shape index (κ1) is 12.3. The van der Waals surface area contributed by atoms with E-state index in [-0.39, 0.29) is 11.8 Å². The molecule has 0 fully saturated rings. The molecule has 4 nitrogen and oxygen atoms in total. The quantitative estimate of drug-likeness (QED) is 0.747. The van der Waals surface area contributed by atoms with Gasteiger partial charge < -0.3 is 0 Å².